The van der Waals surface area contributed by atoms with Crippen LogP contribution in [0.2, 0.25) is 0 Å². The lowest BCUT2D eigenvalue weighted by Crippen LogP contribution is -1.98. The van der Waals surface area contributed by atoms with Gasteiger partial charge in [0.1, 0.15) is 0 Å². The highest BCUT2D eigenvalue weighted by atomic mass is 32.2. The fourth-order valence-corrected chi connectivity index (χ4v) is 2.88. The van der Waals surface area contributed by atoms with Crippen LogP contribution in [0, 0.1) is 0 Å². The van der Waals surface area contributed by atoms with Crippen LogP contribution in [0.5, 0.6) is 0 Å². The first-order valence-corrected chi connectivity index (χ1v) is 9.04. The van der Waals surface area contributed by atoms with Gasteiger partial charge in [-0.3, -0.25) is 4.98 Å². The fourth-order valence-electron chi connectivity index (χ4n) is 2.25. The number of aryl methyl sites for hydroxylation is 2. The third-order valence-corrected chi connectivity index (χ3v) is 4.64. The lowest BCUT2D eigenvalue weighted by molar-refractivity contribution is 0.563. The van der Waals surface area contributed by atoms with Gasteiger partial charge in [-0.15, -0.1) is 0 Å². The van der Waals surface area contributed by atoms with Crippen LogP contribution < -0.4 is 0 Å². The van der Waals surface area contributed by atoms with Crippen LogP contribution in [-0.2, 0) is 22.7 Å². The van der Waals surface area contributed by atoms with E-state index < -0.39 is 9.84 Å². The van der Waals surface area contributed by atoms with Gasteiger partial charge in [0.15, 0.2) is 9.84 Å². The van der Waals surface area contributed by atoms with Crippen LogP contribution >= 0.6 is 0 Å². The molecule has 1 aromatic carbocycles. The van der Waals surface area contributed by atoms with Gasteiger partial charge in [-0.05, 0) is 36.6 Å². The van der Waals surface area contributed by atoms with Gasteiger partial charge in [0.2, 0.25) is 0 Å². The summed E-state index contributed by atoms with van der Waals surface area (Å²) in [6.07, 6.45) is 9.59. The van der Waals surface area contributed by atoms with Gasteiger partial charge in [0.05, 0.1) is 35.0 Å². The van der Waals surface area contributed by atoms with E-state index in [1.807, 2.05) is 6.07 Å². The molecule has 0 fully saturated rings. The van der Waals surface area contributed by atoms with Crippen LogP contribution in [0.15, 0.2) is 64.6 Å². The molecular formula is C17H16N2O3S. The number of aromatic nitrogens is 2. The van der Waals surface area contributed by atoms with E-state index in [0.29, 0.717) is 4.90 Å². The van der Waals surface area contributed by atoms with Gasteiger partial charge in [0, 0.05) is 18.0 Å². The maximum Gasteiger partial charge on any atom is 0.175 e. The Balaban J connectivity index is 1.79. The van der Waals surface area contributed by atoms with E-state index >= 15 is 0 Å². The lowest BCUT2D eigenvalue weighted by atomic mass is 10.1. The maximum absolute atomic E-state index is 11.5. The van der Waals surface area contributed by atoms with Crippen LogP contribution in [0.1, 0.15) is 11.3 Å². The second kappa shape index (κ2) is 6.34. The molecule has 0 spiro atoms. The van der Waals surface area contributed by atoms with Crippen molar-refractivity contribution in [2.75, 3.05) is 6.26 Å². The molecule has 2 heterocycles. The quantitative estimate of drug-likeness (QED) is 0.720. The summed E-state index contributed by atoms with van der Waals surface area (Å²) in [6, 6.07) is 8.61. The highest BCUT2D eigenvalue weighted by Gasteiger charge is 2.08. The molecule has 0 aliphatic carbocycles. The monoisotopic (exact) mass is 328 g/mol. The molecule has 0 N–H and O–H groups in total. The molecule has 2 aromatic heterocycles. The number of benzene rings is 1. The predicted octanol–water partition coefficient (Wildman–Crippen LogP) is 2.93. The Hall–Kier alpha value is -2.47. The topological polar surface area (TPSA) is 73.1 Å². The number of hydrogen-bond donors (Lipinski definition) is 0. The van der Waals surface area contributed by atoms with Crippen LogP contribution in [0.25, 0.3) is 11.3 Å². The van der Waals surface area contributed by atoms with Crippen molar-refractivity contribution in [3.05, 3.63) is 66.5 Å². The van der Waals surface area contributed by atoms with Gasteiger partial charge in [0.25, 0.3) is 0 Å². The molecule has 5 nitrogen and oxygen atoms in total. The van der Waals surface area contributed by atoms with Crippen molar-refractivity contribution in [2.45, 2.75) is 17.7 Å². The van der Waals surface area contributed by atoms with Crippen LogP contribution in [0.3, 0.4) is 0 Å². The van der Waals surface area contributed by atoms with E-state index in [-0.39, 0.29) is 0 Å². The molecule has 0 aliphatic rings. The molecule has 3 aromatic rings. The maximum atomic E-state index is 11.5. The Morgan fingerprint density at radius 3 is 2.48 bits per heavy atom. The van der Waals surface area contributed by atoms with E-state index in [9.17, 15) is 8.42 Å². The molecule has 6 heteroatoms. The van der Waals surface area contributed by atoms with Gasteiger partial charge in [-0.2, -0.15) is 0 Å². The average molecular weight is 328 g/mol. The van der Waals surface area contributed by atoms with E-state index in [1.54, 1.807) is 49.2 Å². The molecule has 0 amide bonds. The molecule has 0 radical (unpaired) electrons. The van der Waals surface area contributed by atoms with E-state index in [2.05, 4.69) is 9.97 Å². The van der Waals surface area contributed by atoms with Crippen molar-refractivity contribution in [1.29, 1.82) is 0 Å². The Kier molecular flexibility index (Phi) is 4.25. The van der Waals surface area contributed by atoms with Gasteiger partial charge in [-0.25, -0.2) is 13.4 Å². The Bertz CT molecular complexity index is 886. The van der Waals surface area contributed by atoms with Crippen molar-refractivity contribution in [1.82, 2.24) is 9.97 Å². The zero-order valence-electron chi connectivity index (χ0n) is 12.6. The second-order valence-electron chi connectivity index (χ2n) is 5.32. The van der Waals surface area contributed by atoms with Gasteiger partial charge >= 0.3 is 0 Å². The number of sulfone groups is 1. The minimum Gasteiger partial charge on any atom is -0.472 e. The largest absolute Gasteiger partial charge is 0.472 e. The fraction of sp³-hybridized carbons (Fsp3) is 0.176. The molecule has 0 bridgehead atoms. The zero-order valence-corrected chi connectivity index (χ0v) is 13.5. The number of nitrogens with zero attached hydrogens (tertiary/aromatic N) is 2. The number of hydrogen-bond acceptors (Lipinski definition) is 5. The predicted molar refractivity (Wildman–Crippen MR) is 86.7 cm³/mol. The summed E-state index contributed by atoms with van der Waals surface area (Å²) in [5.41, 5.74) is 3.58. The zero-order chi connectivity index (χ0) is 16.3. The van der Waals surface area contributed by atoms with Crippen LogP contribution in [0.4, 0.5) is 0 Å². The van der Waals surface area contributed by atoms with Gasteiger partial charge in [-0.1, -0.05) is 12.1 Å². The summed E-state index contributed by atoms with van der Waals surface area (Å²) in [4.78, 5) is 9.12. The first-order chi connectivity index (χ1) is 11.0. The van der Waals surface area contributed by atoms with Gasteiger partial charge < -0.3 is 4.42 Å². The van der Waals surface area contributed by atoms with Crippen molar-refractivity contribution < 1.29 is 12.8 Å². The first-order valence-electron chi connectivity index (χ1n) is 7.15. The SMILES string of the molecule is CS(=O)(=O)c1ccc(-c2cncc(CCc3ccoc3)n2)cc1. The third kappa shape index (κ3) is 3.84. The summed E-state index contributed by atoms with van der Waals surface area (Å²) in [5, 5.41) is 0. The molecule has 0 saturated carbocycles. The summed E-state index contributed by atoms with van der Waals surface area (Å²) in [6.45, 7) is 0. The summed E-state index contributed by atoms with van der Waals surface area (Å²) in [5.74, 6) is 0. The average Bonchev–Trinajstić information content (AvgIpc) is 3.06. The normalized spacial score (nSPS) is 11.5. The van der Waals surface area contributed by atoms with Crippen molar-refractivity contribution in [3.63, 3.8) is 0 Å². The minimum atomic E-state index is -3.19. The molecule has 0 aliphatic heterocycles. The Morgan fingerprint density at radius 1 is 1.04 bits per heavy atom. The molecule has 0 saturated heterocycles. The number of furan rings is 1. The highest BCUT2D eigenvalue weighted by Crippen LogP contribution is 2.19. The number of rotatable bonds is 5. The summed E-state index contributed by atoms with van der Waals surface area (Å²) in [7, 11) is -3.19. The van der Waals surface area contributed by atoms with E-state index in [1.165, 1.54) is 6.26 Å². The Morgan fingerprint density at radius 2 is 1.83 bits per heavy atom. The van der Waals surface area contributed by atoms with Crippen molar-refractivity contribution in [3.8, 4) is 11.3 Å². The summed E-state index contributed by atoms with van der Waals surface area (Å²) >= 11 is 0. The standard InChI is InChI=1S/C17H16N2O3S/c1-23(20,21)16-6-3-14(4-7-16)17-11-18-10-15(19-17)5-2-13-8-9-22-12-13/h3-4,6-12H,2,5H2,1H3. The smallest absolute Gasteiger partial charge is 0.175 e. The van der Waals surface area contributed by atoms with Crippen LogP contribution in [-0.4, -0.2) is 24.6 Å². The molecule has 0 unspecified atom stereocenters. The lowest BCUT2D eigenvalue weighted by Gasteiger charge is -2.05. The minimum absolute atomic E-state index is 0.297. The first kappa shape index (κ1) is 15.4. The molecule has 0 atom stereocenters. The molecule has 23 heavy (non-hydrogen) atoms. The third-order valence-electron chi connectivity index (χ3n) is 3.51. The highest BCUT2D eigenvalue weighted by molar-refractivity contribution is 7.90. The molecule has 3 rings (SSSR count). The van der Waals surface area contributed by atoms with E-state index in [0.717, 1.165) is 35.4 Å². The molecule has 118 valence electrons. The van der Waals surface area contributed by atoms with Crippen molar-refractivity contribution >= 4 is 9.84 Å². The van der Waals surface area contributed by atoms with E-state index in [4.69, 9.17) is 4.42 Å². The second-order valence-corrected chi connectivity index (χ2v) is 7.34. The van der Waals surface area contributed by atoms with Crippen molar-refractivity contribution in [2.24, 2.45) is 0 Å². The Labute approximate surface area is 134 Å². The molecular weight excluding hydrogens is 312 g/mol. The summed E-state index contributed by atoms with van der Waals surface area (Å²) < 4.78 is 28.0.